The maximum atomic E-state index is 13.5. The molecule has 1 aliphatic heterocycles. The topological polar surface area (TPSA) is 45.7 Å². The summed E-state index contributed by atoms with van der Waals surface area (Å²) in [5.74, 6) is 0.713. The maximum absolute atomic E-state index is 13.5. The van der Waals surface area contributed by atoms with Crippen molar-refractivity contribution in [1.82, 2.24) is 9.88 Å². The normalized spacial score (nSPS) is 20.2. The van der Waals surface area contributed by atoms with Gasteiger partial charge in [-0.2, -0.15) is 37.7 Å². The van der Waals surface area contributed by atoms with E-state index >= 15 is 0 Å². The molecule has 226 valence electrons. The molecule has 2 aliphatic rings. The Morgan fingerprint density at radius 2 is 1.67 bits per heavy atom. The number of benzene rings is 1. The van der Waals surface area contributed by atoms with Crippen LogP contribution in [-0.2, 0) is 23.6 Å². The van der Waals surface area contributed by atoms with Crippen molar-refractivity contribution < 1.29 is 35.9 Å². The number of alkyl halides is 6. The summed E-state index contributed by atoms with van der Waals surface area (Å²) in [6.45, 7) is 4.33. The van der Waals surface area contributed by atoms with E-state index < -0.39 is 41.7 Å². The Morgan fingerprint density at radius 3 is 2.24 bits per heavy atom. The van der Waals surface area contributed by atoms with Crippen molar-refractivity contribution in [2.45, 2.75) is 83.0 Å². The fraction of sp³-hybridized carbons (Fsp3) is 0.467. The van der Waals surface area contributed by atoms with Gasteiger partial charge in [0, 0.05) is 29.9 Å². The van der Waals surface area contributed by atoms with Crippen molar-refractivity contribution in [3.05, 3.63) is 69.5 Å². The number of hydrogen-bond acceptors (Lipinski definition) is 5. The number of cyclic esters (lactones) is 1. The Kier molecular flexibility index (Phi) is 8.46. The molecule has 3 aromatic rings. The monoisotopic (exact) mass is 611 g/mol. The lowest BCUT2D eigenvalue weighted by Gasteiger charge is -2.36. The molecule has 5 rings (SSSR count). The fourth-order valence-electron chi connectivity index (χ4n) is 5.92. The van der Waals surface area contributed by atoms with Gasteiger partial charge in [0.1, 0.15) is 11.9 Å². The van der Waals surface area contributed by atoms with E-state index in [-0.39, 0.29) is 24.2 Å². The third kappa shape index (κ3) is 6.23. The molecule has 3 heterocycles. The molecule has 5 nitrogen and oxygen atoms in total. The Hall–Kier alpha value is -3.28. The van der Waals surface area contributed by atoms with E-state index in [0.717, 1.165) is 42.4 Å². The third-order valence-corrected chi connectivity index (χ3v) is 8.78. The fourth-order valence-corrected chi connectivity index (χ4v) is 6.59. The van der Waals surface area contributed by atoms with E-state index in [1.165, 1.54) is 22.7 Å². The number of halogens is 6. The summed E-state index contributed by atoms with van der Waals surface area (Å²) < 4.78 is 86.6. The highest BCUT2D eigenvalue weighted by Gasteiger charge is 2.43. The number of pyridine rings is 1. The molecule has 0 radical (unpaired) electrons. The van der Waals surface area contributed by atoms with Gasteiger partial charge < -0.3 is 9.64 Å². The minimum Gasteiger partial charge on any atom is -0.439 e. The number of anilines is 1. The average Bonchev–Trinajstić information content (AvgIpc) is 3.58. The Bertz CT molecular complexity index is 1370. The lowest BCUT2D eigenvalue weighted by atomic mass is 9.93. The predicted molar refractivity (Wildman–Crippen MR) is 148 cm³/mol. The van der Waals surface area contributed by atoms with Gasteiger partial charge in [0.05, 0.1) is 23.7 Å². The quantitative estimate of drug-likeness (QED) is 0.250. The summed E-state index contributed by atoms with van der Waals surface area (Å²) in [6, 6.07) is 4.67. The smallest absolute Gasteiger partial charge is 0.416 e. The molecule has 1 amide bonds. The zero-order valence-corrected chi connectivity index (χ0v) is 24.0. The van der Waals surface area contributed by atoms with Gasteiger partial charge >= 0.3 is 18.4 Å². The number of hydrogen-bond donors (Lipinski definition) is 0. The lowest BCUT2D eigenvalue weighted by Crippen LogP contribution is -2.39. The summed E-state index contributed by atoms with van der Waals surface area (Å²) >= 11 is 1.53. The van der Waals surface area contributed by atoms with Crippen LogP contribution >= 0.6 is 11.3 Å². The first-order chi connectivity index (χ1) is 19.9. The molecule has 2 fully saturated rings. The van der Waals surface area contributed by atoms with E-state index in [0.29, 0.717) is 24.5 Å². The van der Waals surface area contributed by atoms with Gasteiger partial charge in [-0.25, -0.2) is 9.78 Å². The zero-order chi connectivity index (χ0) is 30.2. The molecular weight excluding hydrogens is 580 g/mol. The number of thiophene rings is 1. The molecule has 1 aromatic carbocycles. The molecule has 2 unspecified atom stereocenters. The molecule has 12 heteroatoms. The number of carbonyl (C=O) groups is 1. The predicted octanol–water partition coefficient (Wildman–Crippen LogP) is 9.09. The summed E-state index contributed by atoms with van der Waals surface area (Å²) in [4.78, 5) is 21.5. The van der Waals surface area contributed by atoms with E-state index in [1.54, 1.807) is 13.1 Å². The van der Waals surface area contributed by atoms with Gasteiger partial charge in [0.15, 0.2) is 0 Å². The van der Waals surface area contributed by atoms with Crippen molar-refractivity contribution in [1.29, 1.82) is 0 Å². The number of ether oxygens (including phenoxy) is 1. The maximum Gasteiger partial charge on any atom is 0.416 e. The highest BCUT2D eigenvalue weighted by molar-refractivity contribution is 7.08. The highest BCUT2D eigenvalue weighted by Crippen LogP contribution is 2.42. The second kappa shape index (κ2) is 11.8. The van der Waals surface area contributed by atoms with E-state index in [9.17, 15) is 31.1 Å². The molecule has 42 heavy (non-hydrogen) atoms. The van der Waals surface area contributed by atoms with Gasteiger partial charge in [-0.05, 0) is 78.9 Å². The van der Waals surface area contributed by atoms with E-state index in [2.05, 4.69) is 4.90 Å². The van der Waals surface area contributed by atoms with Gasteiger partial charge in [-0.15, -0.1) is 0 Å². The third-order valence-electron chi connectivity index (χ3n) is 8.10. The first-order valence-corrected chi connectivity index (χ1v) is 14.9. The van der Waals surface area contributed by atoms with Crippen LogP contribution in [0.4, 0.5) is 37.0 Å². The number of nitrogens with zero attached hydrogens (tertiary/aromatic N) is 3. The van der Waals surface area contributed by atoms with E-state index in [1.807, 2.05) is 29.8 Å². The van der Waals surface area contributed by atoms with Crippen molar-refractivity contribution >= 4 is 23.2 Å². The largest absolute Gasteiger partial charge is 0.439 e. The van der Waals surface area contributed by atoms with Gasteiger partial charge in [-0.1, -0.05) is 19.3 Å². The molecular formula is C30H31F6N3O2S. The number of aromatic nitrogens is 1. The Labute approximate surface area is 244 Å². The SMILES string of the molecule is CCN(c1ncc(-c2ccsc2)cc1CN1C(=O)OC(c2cc(C(F)(F)F)cc(C(F)(F)F)c2)C1C)C1CCCCC1. The second-order valence-electron chi connectivity index (χ2n) is 10.8. The molecule has 0 N–H and O–H groups in total. The second-order valence-corrected chi connectivity index (χ2v) is 11.6. The number of carbonyl (C=O) groups excluding carboxylic acids is 1. The molecule has 0 bridgehead atoms. The van der Waals surface area contributed by atoms with Gasteiger partial charge in [0.25, 0.3) is 0 Å². The first kappa shape index (κ1) is 30.2. The molecule has 2 aromatic heterocycles. The first-order valence-electron chi connectivity index (χ1n) is 13.9. The van der Waals surface area contributed by atoms with Crippen LogP contribution in [0.15, 0.2) is 47.3 Å². The minimum absolute atomic E-state index is 0.0329. The molecule has 1 saturated carbocycles. The van der Waals surface area contributed by atoms with Gasteiger partial charge in [-0.3, -0.25) is 4.90 Å². The molecule has 1 saturated heterocycles. The van der Waals surface area contributed by atoms with Crippen LogP contribution in [0, 0.1) is 0 Å². The summed E-state index contributed by atoms with van der Waals surface area (Å²) in [5.41, 5.74) is -0.720. The van der Waals surface area contributed by atoms with Crippen LogP contribution in [0.1, 0.15) is 74.3 Å². The molecule has 2 atom stereocenters. The van der Waals surface area contributed by atoms with Crippen LogP contribution in [0.5, 0.6) is 0 Å². The van der Waals surface area contributed by atoms with Crippen molar-refractivity contribution in [3.8, 4) is 11.1 Å². The number of rotatable bonds is 7. The molecule has 1 aliphatic carbocycles. The van der Waals surface area contributed by atoms with Crippen LogP contribution in [0.2, 0.25) is 0 Å². The Balaban J connectivity index is 1.50. The lowest BCUT2D eigenvalue weighted by molar-refractivity contribution is -0.143. The van der Waals surface area contributed by atoms with Crippen molar-refractivity contribution in [2.75, 3.05) is 11.4 Å². The van der Waals surface area contributed by atoms with Crippen LogP contribution in [0.3, 0.4) is 0 Å². The summed E-state index contributed by atoms with van der Waals surface area (Å²) in [7, 11) is 0. The minimum atomic E-state index is -5.01. The average molecular weight is 612 g/mol. The van der Waals surface area contributed by atoms with Crippen LogP contribution in [-0.4, -0.2) is 34.6 Å². The molecule has 0 spiro atoms. The van der Waals surface area contributed by atoms with Crippen LogP contribution in [0.25, 0.3) is 11.1 Å². The summed E-state index contributed by atoms with van der Waals surface area (Å²) in [6.07, 6.45) is -4.93. The zero-order valence-electron chi connectivity index (χ0n) is 23.1. The Morgan fingerprint density at radius 1 is 1.00 bits per heavy atom. The standard InChI is InChI=1S/C30H31F6N3O2S/c1-3-38(25-7-5-4-6-8-25)27-22(11-21(15-37-27)19-9-10-42-17-19)16-39-18(2)26(41-28(39)40)20-12-23(29(31,32)33)14-24(13-20)30(34,35)36/h9-15,17-18,25-26H,3-8,16H2,1-2H3. The highest BCUT2D eigenvalue weighted by atomic mass is 32.1. The van der Waals surface area contributed by atoms with Crippen LogP contribution < -0.4 is 4.90 Å². The number of amides is 1. The summed E-state index contributed by atoms with van der Waals surface area (Å²) in [5, 5.41) is 3.92. The van der Waals surface area contributed by atoms with Gasteiger partial charge in [0.2, 0.25) is 0 Å². The van der Waals surface area contributed by atoms with Crippen molar-refractivity contribution in [3.63, 3.8) is 0 Å². The van der Waals surface area contributed by atoms with E-state index in [4.69, 9.17) is 9.72 Å². The van der Waals surface area contributed by atoms with Crippen molar-refractivity contribution in [2.24, 2.45) is 0 Å².